The third-order valence-corrected chi connectivity index (χ3v) is 4.38. The van der Waals surface area contributed by atoms with Crippen LogP contribution in [0.3, 0.4) is 0 Å². The standard InChI is InChI=1S/C19H18Cl2O3/c1-23-16-9-10-18(24-2)14(12-16)11-15(22)7-3-5-13-6-4-8-17(20)19(13)21/h3-4,6-10,12H,5,11H2,1-2H3/b7-3+. The number of allylic oxidation sites excluding steroid dienone is 2. The highest BCUT2D eigenvalue weighted by molar-refractivity contribution is 6.42. The summed E-state index contributed by atoms with van der Waals surface area (Å²) in [6, 6.07) is 10.8. The quantitative estimate of drug-likeness (QED) is 0.654. The summed E-state index contributed by atoms with van der Waals surface area (Å²) in [7, 11) is 3.16. The van der Waals surface area contributed by atoms with Crippen molar-refractivity contribution in [3.63, 3.8) is 0 Å². The Bertz CT molecular complexity index is 754. The summed E-state index contributed by atoms with van der Waals surface area (Å²) < 4.78 is 10.5. The van der Waals surface area contributed by atoms with Gasteiger partial charge in [-0.1, -0.05) is 41.4 Å². The summed E-state index contributed by atoms with van der Waals surface area (Å²) in [5.74, 6) is 1.32. The van der Waals surface area contributed by atoms with Crippen LogP contribution in [0, 0.1) is 0 Å². The Morgan fingerprint density at radius 1 is 1.08 bits per heavy atom. The van der Waals surface area contributed by atoms with Crippen molar-refractivity contribution >= 4 is 29.0 Å². The second-order valence-electron chi connectivity index (χ2n) is 5.14. The van der Waals surface area contributed by atoms with Gasteiger partial charge < -0.3 is 9.47 Å². The highest BCUT2D eigenvalue weighted by Gasteiger charge is 2.09. The maximum atomic E-state index is 12.2. The van der Waals surface area contributed by atoms with Crippen molar-refractivity contribution in [1.29, 1.82) is 0 Å². The van der Waals surface area contributed by atoms with Crippen molar-refractivity contribution in [3.05, 3.63) is 69.7 Å². The molecule has 0 saturated heterocycles. The summed E-state index contributed by atoms with van der Waals surface area (Å²) in [6.07, 6.45) is 4.11. The van der Waals surface area contributed by atoms with Crippen LogP contribution in [-0.4, -0.2) is 20.0 Å². The number of halogens is 2. The van der Waals surface area contributed by atoms with E-state index in [1.165, 1.54) is 0 Å². The van der Waals surface area contributed by atoms with E-state index in [1.54, 1.807) is 50.6 Å². The predicted molar refractivity (Wildman–Crippen MR) is 97.6 cm³/mol. The van der Waals surface area contributed by atoms with Gasteiger partial charge in [0.2, 0.25) is 0 Å². The molecule has 3 nitrogen and oxygen atoms in total. The zero-order valence-electron chi connectivity index (χ0n) is 13.5. The van der Waals surface area contributed by atoms with Crippen LogP contribution in [0.15, 0.2) is 48.6 Å². The normalized spacial score (nSPS) is 10.8. The molecule has 2 aromatic carbocycles. The summed E-state index contributed by atoms with van der Waals surface area (Å²) in [6.45, 7) is 0. The van der Waals surface area contributed by atoms with E-state index in [1.807, 2.05) is 12.1 Å². The fourth-order valence-electron chi connectivity index (χ4n) is 2.29. The van der Waals surface area contributed by atoms with Gasteiger partial charge in [-0.2, -0.15) is 0 Å². The maximum absolute atomic E-state index is 12.2. The third-order valence-electron chi connectivity index (χ3n) is 3.53. The van der Waals surface area contributed by atoms with Crippen LogP contribution in [-0.2, 0) is 17.6 Å². The summed E-state index contributed by atoms with van der Waals surface area (Å²) in [5.41, 5.74) is 1.67. The lowest BCUT2D eigenvalue weighted by Crippen LogP contribution is -2.02. The molecule has 2 aromatic rings. The second-order valence-corrected chi connectivity index (χ2v) is 5.93. The molecular formula is C19H18Cl2O3. The van der Waals surface area contributed by atoms with Crippen LogP contribution in [0.25, 0.3) is 0 Å². The first-order valence-electron chi connectivity index (χ1n) is 7.38. The number of carbonyl (C=O) groups excluding carboxylic acids is 1. The van der Waals surface area contributed by atoms with E-state index in [0.717, 1.165) is 11.1 Å². The minimum absolute atomic E-state index is 0.0281. The highest BCUT2D eigenvalue weighted by atomic mass is 35.5. The lowest BCUT2D eigenvalue weighted by molar-refractivity contribution is -0.114. The molecule has 0 radical (unpaired) electrons. The average Bonchev–Trinajstić information content (AvgIpc) is 2.58. The molecule has 0 aromatic heterocycles. The molecule has 0 N–H and O–H groups in total. The minimum Gasteiger partial charge on any atom is -0.497 e. The molecule has 0 atom stereocenters. The number of hydrogen-bond donors (Lipinski definition) is 0. The van der Waals surface area contributed by atoms with Gasteiger partial charge in [0.1, 0.15) is 11.5 Å². The van der Waals surface area contributed by atoms with E-state index in [9.17, 15) is 4.79 Å². The van der Waals surface area contributed by atoms with Crippen LogP contribution in [0.5, 0.6) is 11.5 Å². The predicted octanol–water partition coefficient (Wildman–Crippen LogP) is 4.92. The number of methoxy groups -OCH3 is 2. The van der Waals surface area contributed by atoms with Crippen LogP contribution >= 0.6 is 23.2 Å². The van der Waals surface area contributed by atoms with Gasteiger partial charge in [-0.25, -0.2) is 0 Å². The molecule has 126 valence electrons. The first-order chi connectivity index (χ1) is 11.5. The molecule has 0 aliphatic heterocycles. The Morgan fingerprint density at radius 2 is 1.88 bits per heavy atom. The maximum Gasteiger partial charge on any atom is 0.159 e. The molecule has 0 saturated carbocycles. The first-order valence-corrected chi connectivity index (χ1v) is 8.14. The molecular weight excluding hydrogens is 347 g/mol. The lowest BCUT2D eigenvalue weighted by Gasteiger charge is -2.09. The zero-order chi connectivity index (χ0) is 17.5. The second kappa shape index (κ2) is 8.76. The molecule has 0 aliphatic rings. The van der Waals surface area contributed by atoms with Crippen molar-refractivity contribution in [2.24, 2.45) is 0 Å². The van der Waals surface area contributed by atoms with Gasteiger partial charge in [0.05, 0.1) is 24.3 Å². The monoisotopic (exact) mass is 364 g/mol. The first kappa shape index (κ1) is 18.4. The molecule has 0 spiro atoms. The van der Waals surface area contributed by atoms with Crippen molar-refractivity contribution in [2.75, 3.05) is 14.2 Å². The van der Waals surface area contributed by atoms with Crippen molar-refractivity contribution in [1.82, 2.24) is 0 Å². The van der Waals surface area contributed by atoms with E-state index in [4.69, 9.17) is 32.7 Å². The molecule has 0 fully saturated rings. The van der Waals surface area contributed by atoms with Gasteiger partial charge in [-0.3, -0.25) is 4.79 Å². The van der Waals surface area contributed by atoms with Crippen molar-refractivity contribution < 1.29 is 14.3 Å². The Kier molecular flexibility index (Phi) is 6.71. The number of ketones is 1. The number of benzene rings is 2. The SMILES string of the molecule is COc1ccc(OC)c(CC(=O)/C=C/Cc2cccc(Cl)c2Cl)c1. The van der Waals surface area contributed by atoms with Gasteiger partial charge in [0, 0.05) is 12.0 Å². The molecule has 24 heavy (non-hydrogen) atoms. The third kappa shape index (κ3) is 4.76. The Balaban J connectivity index is 2.04. The van der Waals surface area contributed by atoms with Crippen LogP contribution < -0.4 is 9.47 Å². The van der Waals surface area contributed by atoms with Gasteiger partial charge in [-0.05, 0) is 42.3 Å². The van der Waals surface area contributed by atoms with Gasteiger partial charge >= 0.3 is 0 Å². The molecule has 0 bridgehead atoms. The molecule has 0 heterocycles. The number of rotatable bonds is 7. The number of hydrogen-bond acceptors (Lipinski definition) is 3. The molecule has 5 heteroatoms. The van der Waals surface area contributed by atoms with E-state index >= 15 is 0 Å². The van der Waals surface area contributed by atoms with Gasteiger partial charge in [0.15, 0.2) is 5.78 Å². The number of ether oxygens (including phenoxy) is 2. The largest absolute Gasteiger partial charge is 0.497 e. The topological polar surface area (TPSA) is 35.5 Å². The van der Waals surface area contributed by atoms with Gasteiger partial charge in [0.25, 0.3) is 0 Å². The Morgan fingerprint density at radius 3 is 2.58 bits per heavy atom. The van der Waals surface area contributed by atoms with Gasteiger partial charge in [-0.15, -0.1) is 0 Å². The van der Waals surface area contributed by atoms with E-state index < -0.39 is 0 Å². The molecule has 0 unspecified atom stereocenters. The van der Waals surface area contributed by atoms with E-state index in [0.29, 0.717) is 28.0 Å². The van der Waals surface area contributed by atoms with Crippen LogP contribution in [0.2, 0.25) is 10.0 Å². The minimum atomic E-state index is -0.0281. The number of carbonyl (C=O) groups is 1. The summed E-state index contributed by atoms with van der Waals surface area (Å²) in [5, 5.41) is 1.03. The zero-order valence-corrected chi connectivity index (χ0v) is 15.0. The van der Waals surface area contributed by atoms with E-state index in [2.05, 4.69) is 0 Å². The summed E-state index contributed by atoms with van der Waals surface area (Å²) >= 11 is 12.1. The smallest absolute Gasteiger partial charge is 0.159 e. The fraction of sp³-hybridized carbons (Fsp3) is 0.211. The van der Waals surface area contributed by atoms with Crippen molar-refractivity contribution in [3.8, 4) is 11.5 Å². The molecule has 0 aliphatic carbocycles. The van der Waals surface area contributed by atoms with E-state index in [-0.39, 0.29) is 12.2 Å². The van der Waals surface area contributed by atoms with Crippen LogP contribution in [0.1, 0.15) is 11.1 Å². The van der Waals surface area contributed by atoms with Crippen molar-refractivity contribution in [2.45, 2.75) is 12.8 Å². The Hall–Kier alpha value is -1.97. The Labute approximate surface area is 151 Å². The average molecular weight is 365 g/mol. The highest BCUT2D eigenvalue weighted by Crippen LogP contribution is 2.26. The lowest BCUT2D eigenvalue weighted by atomic mass is 10.1. The van der Waals surface area contributed by atoms with Crippen LogP contribution in [0.4, 0.5) is 0 Å². The molecule has 2 rings (SSSR count). The molecule has 0 amide bonds. The summed E-state index contributed by atoms with van der Waals surface area (Å²) in [4.78, 5) is 12.2. The fourth-order valence-corrected chi connectivity index (χ4v) is 2.69.